The third-order valence-electron chi connectivity index (χ3n) is 2.59. The van der Waals surface area contributed by atoms with Crippen LogP contribution in [0.5, 0.6) is 0 Å². The molecule has 1 fully saturated rings. The zero-order valence-electron chi connectivity index (χ0n) is 8.72. The zero-order chi connectivity index (χ0) is 10.1. The van der Waals surface area contributed by atoms with Crippen LogP contribution in [-0.4, -0.2) is 11.6 Å². The van der Waals surface area contributed by atoms with Gasteiger partial charge >= 0.3 is 0 Å². The fourth-order valence-electron chi connectivity index (χ4n) is 1.86. The van der Waals surface area contributed by atoms with Crippen molar-refractivity contribution in [1.82, 2.24) is 0 Å². The Balaban J connectivity index is 2.62. The van der Waals surface area contributed by atoms with Crippen molar-refractivity contribution in [3.05, 3.63) is 0 Å². The molecule has 1 aliphatic carbocycles. The first-order valence-corrected chi connectivity index (χ1v) is 4.97. The van der Waals surface area contributed by atoms with Gasteiger partial charge in [-0.2, -0.15) is 0 Å². The number of Topliss-reactive ketones (excluding diaryl/α,β-unsaturated/α-hetero) is 2. The molecule has 0 heterocycles. The Kier molecular flexibility index (Phi) is 2.89. The van der Waals surface area contributed by atoms with Crippen LogP contribution in [0, 0.1) is 11.3 Å². The van der Waals surface area contributed by atoms with Crippen molar-refractivity contribution in [3.8, 4) is 0 Å². The van der Waals surface area contributed by atoms with E-state index in [1.165, 1.54) is 0 Å². The summed E-state index contributed by atoms with van der Waals surface area (Å²) in [5.41, 5.74) is -0.289. The van der Waals surface area contributed by atoms with Gasteiger partial charge in [0.25, 0.3) is 0 Å². The van der Waals surface area contributed by atoms with Crippen LogP contribution in [0.4, 0.5) is 0 Å². The van der Waals surface area contributed by atoms with Gasteiger partial charge in [-0.25, -0.2) is 0 Å². The summed E-state index contributed by atoms with van der Waals surface area (Å²) in [6.07, 6.45) is 2.96. The maximum absolute atomic E-state index is 11.8. The molecule has 0 aromatic rings. The van der Waals surface area contributed by atoms with Gasteiger partial charge in [0.05, 0.1) is 0 Å². The van der Waals surface area contributed by atoms with Gasteiger partial charge in [0, 0.05) is 24.2 Å². The molecule has 0 saturated heterocycles. The predicted molar refractivity (Wildman–Crippen MR) is 51.4 cm³/mol. The summed E-state index contributed by atoms with van der Waals surface area (Å²) in [6, 6.07) is 0. The van der Waals surface area contributed by atoms with Crippen molar-refractivity contribution in [2.75, 3.05) is 0 Å². The van der Waals surface area contributed by atoms with E-state index in [2.05, 4.69) is 0 Å². The van der Waals surface area contributed by atoms with Gasteiger partial charge in [0.1, 0.15) is 11.6 Å². The third-order valence-corrected chi connectivity index (χ3v) is 2.59. The molecule has 0 bridgehead atoms. The first-order valence-electron chi connectivity index (χ1n) is 4.97. The van der Waals surface area contributed by atoms with Crippen LogP contribution in [0.15, 0.2) is 0 Å². The topological polar surface area (TPSA) is 34.1 Å². The van der Waals surface area contributed by atoms with E-state index >= 15 is 0 Å². The van der Waals surface area contributed by atoms with Crippen LogP contribution in [0.2, 0.25) is 0 Å². The molecule has 13 heavy (non-hydrogen) atoms. The highest BCUT2D eigenvalue weighted by molar-refractivity contribution is 5.91. The van der Waals surface area contributed by atoms with E-state index in [0.717, 1.165) is 12.8 Å². The lowest BCUT2D eigenvalue weighted by Crippen LogP contribution is -2.32. The second kappa shape index (κ2) is 3.60. The minimum atomic E-state index is -0.289. The average molecular weight is 182 g/mol. The molecular formula is C11H18O2. The Bertz CT molecular complexity index is 223. The van der Waals surface area contributed by atoms with Crippen LogP contribution in [0.25, 0.3) is 0 Å². The molecule has 1 atom stereocenters. The quantitative estimate of drug-likeness (QED) is 0.624. The van der Waals surface area contributed by atoms with Crippen molar-refractivity contribution in [3.63, 3.8) is 0 Å². The van der Waals surface area contributed by atoms with Gasteiger partial charge in [-0.1, -0.05) is 20.8 Å². The number of rotatable bonds is 1. The summed E-state index contributed by atoms with van der Waals surface area (Å²) >= 11 is 0. The molecule has 0 radical (unpaired) electrons. The summed E-state index contributed by atoms with van der Waals surface area (Å²) in [6.45, 7) is 5.78. The Hall–Kier alpha value is -0.660. The number of carbonyl (C=O) groups excluding carboxylic acids is 2. The first-order chi connectivity index (χ1) is 5.91. The van der Waals surface area contributed by atoms with Crippen molar-refractivity contribution < 1.29 is 9.59 Å². The normalized spacial score (nSPS) is 24.5. The molecule has 0 amide bonds. The molecule has 0 unspecified atom stereocenters. The van der Waals surface area contributed by atoms with Crippen LogP contribution < -0.4 is 0 Å². The fourth-order valence-corrected chi connectivity index (χ4v) is 1.86. The van der Waals surface area contributed by atoms with Gasteiger partial charge < -0.3 is 0 Å². The molecule has 0 N–H and O–H groups in total. The standard InChI is InChI=1S/C11H18O2/c1-11(2,3)10(13)8-5-4-6-9(12)7-8/h8H,4-7H2,1-3H3/t8-/m1/s1. The Labute approximate surface area is 79.7 Å². The molecule has 1 saturated carbocycles. The summed E-state index contributed by atoms with van der Waals surface area (Å²) in [5.74, 6) is 0.510. The number of ketones is 2. The van der Waals surface area contributed by atoms with Crippen molar-refractivity contribution in [2.45, 2.75) is 46.5 Å². The van der Waals surface area contributed by atoms with Crippen LogP contribution in [0.1, 0.15) is 46.5 Å². The lowest BCUT2D eigenvalue weighted by Gasteiger charge is -2.26. The SMILES string of the molecule is CC(C)(C)C(=O)[C@@H]1CCCC(=O)C1. The lowest BCUT2D eigenvalue weighted by molar-refractivity contribution is -0.135. The van der Waals surface area contributed by atoms with E-state index in [4.69, 9.17) is 0 Å². The Morgan fingerprint density at radius 2 is 2.00 bits per heavy atom. The third kappa shape index (κ3) is 2.64. The molecule has 0 aromatic heterocycles. The molecule has 2 nitrogen and oxygen atoms in total. The summed E-state index contributed by atoms with van der Waals surface area (Å²) < 4.78 is 0. The largest absolute Gasteiger partial charge is 0.300 e. The van der Waals surface area contributed by atoms with Gasteiger partial charge in [-0.3, -0.25) is 9.59 Å². The average Bonchev–Trinajstić information content (AvgIpc) is 2.01. The molecule has 1 aliphatic rings. The van der Waals surface area contributed by atoms with Gasteiger partial charge in [0.15, 0.2) is 0 Å². The molecule has 0 aliphatic heterocycles. The van der Waals surface area contributed by atoms with Crippen molar-refractivity contribution in [2.24, 2.45) is 11.3 Å². The van der Waals surface area contributed by atoms with Crippen LogP contribution >= 0.6 is 0 Å². The van der Waals surface area contributed by atoms with Gasteiger partial charge in [-0.15, -0.1) is 0 Å². The molecule has 0 aromatic carbocycles. The maximum Gasteiger partial charge on any atom is 0.141 e. The van der Waals surface area contributed by atoms with Crippen LogP contribution in [-0.2, 0) is 9.59 Å². The Morgan fingerprint density at radius 1 is 1.38 bits per heavy atom. The Morgan fingerprint density at radius 3 is 2.46 bits per heavy atom. The molecule has 0 spiro atoms. The highest BCUT2D eigenvalue weighted by Crippen LogP contribution is 2.29. The van der Waals surface area contributed by atoms with E-state index in [0.29, 0.717) is 12.8 Å². The number of hydrogen-bond donors (Lipinski definition) is 0. The van der Waals surface area contributed by atoms with E-state index in [1.54, 1.807) is 0 Å². The fraction of sp³-hybridized carbons (Fsp3) is 0.818. The molecule has 1 rings (SSSR count). The minimum absolute atomic E-state index is 0.00116. The summed E-state index contributed by atoms with van der Waals surface area (Å²) in [5, 5.41) is 0. The summed E-state index contributed by atoms with van der Waals surface area (Å²) in [7, 11) is 0. The number of carbonyl (C=O) groups is 2. The van der Waals surface area contributed by atoms with E-state index < -0.39 is 0 Å². The van der Waals surface area contributed by atoms with Gasteiger partial charge in [0.2, 0.25) is 0 Å². The number of hydrogen-bond acceptors (Lipinski definition) is 2. The highest BCUT2D eigenvalue weighted by atomic mass is 16.1. The monoisotopic (exact) mass is 182 g/mol. The minimum Gasteiger partial charge on any atom is -0.300 e. The predicted octanol–water partition coefficient (Wildman–Crippen LogP) is 2.36. The lowest BCUT2D eigenvalue weighted by atomic mass is 9.76. The van der Waals surface area contributed by atoms with Crippen molar-refractivity contribution >= 4 is 11.6 Å². The molecule has 74 valence electrons. The molecule has 2 heteroatoms. The van der Waals surface area contributed by atoms with E-state index in [1.807, 2.05) is 20.8 Å². The van der Waals surface area contributed by atoms with E-state index in [9.17, 15) is 9.59 Å². The second-order valence-corrected chi connectivity index (χ2v) is 4.95. The molecular weight excluding hydrogens is 164 g/mol. The van der Waals surface area contributed by atoms with E-state index in [-0.39, 0.29) is 22.9 Å². The van der Waals surface area contributed by atoms with Crippen molar-refractivity contribution in [1.29, 1.82) is 0 Å². The highest BCUT2D eigenvalue weighted by Gasteiger charge is 2.32. The van der Waals surface area contributed by atoms with Gasteiger partial charge in [-0.05, 0) is 12.8 Å². The van der Waals surface area contributed by atoms with Crippen LogP contribution in [0.3, 0.4) is 0 Å². The first kappa shape index (κ1) is 10.4. The zero-order valence-corrected chi connectivity index (χ0v) is 8.72. The smallest absolute Gasteiger partial charge is 0.141 e. The summed E-state index contributed by atoms with van der Waals surface area (Å²) in [4.78, 5) is 23.0. The second-order valence-electron chi connectivity index (χ2n) is 4.95. The maximum atomic E-state index is 11.8.